The highest BCUT2D eigenvalue weighted by molar-refractivity contribution is 8.00. The van der Waals surface area contributed by atoms with E-state index >= 15 is 0 Å². The molecule has 0 saturated heterocycles. The van der Waals surface area contributed by atoms with E-state index in [1.54, 1.807) is 17.4 Å². The predicted octanol–water partition coefficient (Wildman–Crippen LogP) is 5.07. The van der Waals surface area contributed by atoms with E-state index in [4.69, 9.17) is 0 Å². The van der Waals surface area contributed by atoms with Crippen LogP contribution >= 0.6 is 23.1 Å². The third-order valence-electron chi connectivity index (χ3n) is 5.28. The van der Waals surface area contributed by atoms with Crippen molar-refractivity contribution < 1.29 is 9.72 Å². The molecule has 0 radical (unpaired) electrons. The number of carbonyl (C=O) groups excluding carboxylic acids is 1. The Balaban J connectivity index is 1.55. The molecule has 1 aliphatic rings. The summed E-state index contributed by atoms with van der Waals surface area (Å²) in [6.07, 6.45) is 3.25. The summed E-state index contributed by atoms with van der Waals surface area (Å²) in [5.41, 5.74) is 2.53. The van der Waals surface area contributed by atoms with Crippen molar-refractivity contribution in [3.8, 4) is 0 Å². The molecular weight excluding hydrogens is 420 g/mol. The van der Waals surface area contributed by atoms with Crippen LogP contribution in [0, 0.1) is 29.9 Å². The van der Waals surface area contributed by atoms with Crippen molar-refractivity contribution in [3.63, 3.8) is 0 Å². The van der Waals surface area contributed by atoms with Gasteiger partial charge in [0.25, 0.3) is 5.69 Å². The Hall–Kier alpha value is -2.52. The van der Waals surface area contributed by atoms with E-state index in [0.29, 0.717) is 17.4 Å². The van der Waals surface area contributed by atoms with E-state index < -0.39 is 4.92 Å². The molecule has 0 bridgehead atoms. The fourth-order valence-electron chi connectivity index (χ4n) is 3.69. The number of benzene rings is 1. The molecule has 1 N–H and O–H groups in total. The fourth-order valence-corrected chi connectivity index (χ4v) is 6.09. The maximum atomic E-state index is 12.6. The summed E-state index contributed by atoms with van der Waals surface area (Å²) >= 11 is 3.14. The summed E-state index contributed by atoms with van der Waals surface area (Å²) in [4.78, 5) is 34.7. The Morgan fingerprint density at radius 3 is 2.93 bits per heavy atom. The van der Waals surface area contributed by atoms with Crippen molar-refractivity contribution in [3.05, 3.63) is 50.1 Å². The minimum atomic E-state index is -0.467. The average Bonchev–Trinajstić information content (AvgIpc) is 3.04. The maximum absolute atomic E-state index is 12.6. The molecule has 1 aromatic carbocycles. The SMILES string of the molecule is Cc1nc(SCC(=O)Nc2cc([N+](=O)[O-])ccc2C)c2c3c(sc2n1)CC(C)CC3. The van der Waals surface area contributed by atoms with Gasteiger partial charge in [0.1, 0.15) is 15.7 Å². The number of thioether (sulfide) groups is 1. The van der Waals surface area contributed by atoms with Crippen LogP contribution in [0.5, 0.6) is 0 Å². The second kappa shape index (κ2) is 8.31. The van der Waals surface area contributed by atoms with E-state index in [9.17, 15) is 14.9 Å². The van der Waals surface area contributed by atoms with Crippen LogP contribution in [-0.4, -0.2) is 26.6 Å². The van der Waals surface area contributed by atoms with Gasteiger partial charge in [-0.1, -0.05) is 24.8 Å². The fraction of sp³-hybridized carbons (Fsp3) is 0.381. The summed E-state index contributed by atoms with van der Waals surface area (Å²) in [6.45, 7) is 5.96. The van der Waals surface area contributed by atoms with E-state index in [1.165, 1.54) is 34.3 Å². The molecule has 1 atom stereocenters. The quantitative estimate of drug-likeness (QED) is 0.256. The Labute approximate surface area is 182 Å². The lowest BCUT2D eigenvalue weighted by molar-refractivity contribution is -0.384. The number of nitrogens with zero attached hydrogens (tertiary/aromatic N) is 3. The third kappa shape index (κ3) is 4.17. The molecule has 0 spiro atoms. The number of aromatic nitrogens is 2. The highest BCUT2D eigenvalue weighted by atomic mass is 32.2. The molecule has 1 amide bonds. The van der Waals surface area contributed by atoms with Gasteiger partial charge in [-0.3, -0.25) is 14.9 Å². The van der Waals surface area contributed by atoms with E-state index in [-0.39, 0.29) is 17.3 Å². The molecule has 9 heteroatoms. The molecule has 3 aromatic rings. The number of hydrogen-bond donors (Lipinski definition) is 1. The van der Waals surface area contributed by atoms with Crippen molar-refractivity contribution in [1.82, 2.24) is 9.97 Å². The Kier molecular flexibility index (Phi) is 5.75. The third-order valence-corrected chi connectivity index (χ3v) is 7.40. The zero-order chi connectivity index (χ0) is 21.4. The number of nitrogens with one attached hydrogen (secondary N) is 1. The maximum Gasteiger partial charge on any atom is 0.271 e. The lowest BCUT2D eigenvalue weighted by atomic mass is 9.89. The predicted molar refractivity (Wildman–Crippen MR) is 121 cm³/mol. The normalized spacial score (nSPS) is 15.8. The van der Waals surface area contributed by atoms with Gasteiger partial charge < -0.3 is 5.32 Å². The Bertz CT molecular complexity index is 1160. The van der Waals surface area contributed by atoms with Crippen LogP contribution in [0.3, 0.4) is 0 Å². The second-order valence-corrected chi connectivity index (χ2v) is 9.75. The van der Waals surface area contributed by atoms with E-state index in [0.717, 1.165) is 40.1 Å². The van der Waals surface area contributed by atoms with Crippen LogP contribution in [0.25, 0.3) is 10.2 Å². The first-order chi connectivity index (χ1) is 14.3. The van der Waals surface area contributed by atoms with E-state index in [2.05, 4.69) is 22.2 Å². The molecule has 1 aliphatic carbocycles. The number of fused-ring (bicyclic) bond motifs is 3. The monoisotopic (exact) mass is 442 g/mol. The largest absolute Gasteiger partial charge is 0.325 e. The van der Waals surface area contributed by atoms with Crippen molar-refractivity contribution in [2.24, 2.45) is 5.92 Å². The van der Waals surface area contributed by atoms with Crippen LogP contribution < -0.4 is 5.32 Å². The summed E-state index contributed by atoms with van der Waals surface area (Å²) in [5, 5.41) is 15.7. The highest BCUT2D eigenvalue weighted by Gasteiger charge is 2.24. The van der Waals surface area contributed by atoms with Gasteiger partial charge >= 0.3 is 0 Å². The van der Waals surface area contributed by atoms with Gasteiger partial charge in [-0.05, 0) is 50.2 Å². The van der Waals surface area contributed by atoms with Gasteiger partial charge in [0.15, 0.2) is 0 Å². The number of non-ortho nitro benzene ring substituents is 1. The smallest absolute Gasteiger partial charge is 0.271 e. The molecule has 2 aromatic heterocycles. The van der Waals surface area contributed by atoms with Gasteiger partial charge in [0.2, 0.25) is 5.91 Å². The number of nitro groups is 1. The lowest BCUT2D eigenvalue weighted by Crippen LogP contribution is -2.15. The summed E-state index contributed by atoms with van der Waals surface area (Å²) in [6, 6.07) is 4.46. The second-order valence-electron chi connectivity index (χ2n) is 7.70. The summed E-state index contributed by atoms with van der Waals surface area (Å²) < 4.78 is 0. The van der Waals surface area contributed by atoms with Gasteiger partial charge in [0, 0.05) is 22.4 Å². The van der Waals surface area contributed by atoms with Gasteiger partial charge in [-0.25, -0.2) is 9.97 Å². The molecule has 1 unspecified atom stereocenters. The average molecular weight is 443 g/mol. The zero-order valence-corrected chi connectivity index (χ0v) is 18.7. The number of carbonyl (C=O) groups is 1. The van der Waals surface area contributed by atoms with Gasteiger partial charge in [0.05, 0.1) is 16.4 Å². The summed E-state index contributed by atoms with van der Waals surface area (Å²) in [5.74, 6) is 1.34. The topological polar surface area (TPSA) is 98.0 Å². The minimum absolute atomic E-state index is 0.0455. The molecule has 2 heterocycles. The highest BCUT2D eigenvalue weighted by Crippen LogP contribution is 2.40. The summed E-state index contributed by atoms with van der Waals surface area (Å²) in [7, 11) is 0. The molecule has 0 saturated carbocycles. The number of amides is 1. The molecule has 7 nitrogen and oxygen atoms in total. The number of rotatable bonds is 5. The Morgan fingerprint density at radius 1 is 1.37 bits per heavy atom. The van der Waals surface area contributed by atoms with Crippen LogP contribution in [0.4, 0.5) is 11.4 Å². The molecule has 30 heavy (non-hydrogen) atoms. The van der Waals surface area contributed by atoms with E-state index in [1.807, 2.05) is 13.8 Å². The zero-order valence-electron chi connectivity index (χ0n) is 17.0. The molecule has 156 valence electrons. The minimum Gasteiger partial charge on any atom is -0.325 e. The standard InChI is InChI=1S/C21H22N4O3S2/c1-11-4-7-15-17(8-11)30-21-19(15)20(22-13(3)23-21)29-10-18(26)24-16-9-14(25(27)28)6-5-12(16)2/h5-6,9,11H,4,7-8,10H2,1-3H3,(H,24,26). The van der Waals surface area contributed by atoms with Crippen LogP contribution in [0.2, 0.25) is 0 Å². The number of hydrogen-bond acceptors (Lipinski definition) is 7. The molecule has 0 fully saturated rings. The van der Waals surface area contributed by atoms with Crippen LogP contribution in [0.1, 0.15) is 35.2 Å². The van der Waals surface area contributed by atoms with Crippen molar-refractivity contribution in [1.29, 1.82) is 0 Å². The number of anilines is 1. The number of thiophene rings is 1. The first kappa shape index (κ1) is 20.7. The van der Waals surface area contributed by atoms with Crippen molar-refractivity contribution >= 4 is 50.6 Å². The lowest BCUT2D eigenvalue weighted by Gasteiger charge is -2.18. The Morgan fingerprint density at radius 2 is 2.17 bits per heavy atom. The molecular formula is C21H22N4O3S2. The first-order valence-corrected chi connectivity index (χ1v) is 11.6. The van der Waals surface area contributed by atoms with Crippen LogP contribution in [0.15, 0.2) is 23.2 Å². The molecule has 0 aliphatic heterocycles. The van der Waals surface area contributed by atoms with Crippen LogP contribution in [-0.2, 0) is 17.6 Å². The van der Waals surface area contributed by atoms with Crippen molar-refractivity contribution in [2.75, 3.05) is 11.1 Å². The molecule has 4 rings (SSSR count). The van der Waals surface area contributed by atoms with Gasteiger partial charge in [-0.15, -0.1) is 11.3 Å². The number of nitro benzene ring substituents is 1. The number of aryl methyl sites for hydroxylation is 3. The first-order valence-electron chi connectivity index (χ1n) is 9.78. The van der Waals surface area contributed by atoms with Crippen molar-refractivity contribution in [2.45, 2.75) is 45.1 Å². The van der Waals surface area contributed by atoms with Gasteiger partial charge in [-0.2, -0.15) is 0 Å².